The van der Waals surface area contributed by atoms with Gasteiger partial charge in [0.15, 0.2) is 24.7 Å². The summed E-state index contributed by atoms with van der Waals surface area (Å²) < 4.78 is 48.3. The number of ether oxygens (including phenoxy) is 8. The minimum atomic E-state index is -1.92. The van der Waals surface area contributed by atoms with Gasteiger partial charge in [-0.05, 0) is 80.0 Å². The van der Waals surface area contributed by atoms with Gasteiger partial charge in [0.25, 0.3) is 0 Å². The maximum atomic E-state index is 14.6. The number of aliphatic hydroxyl groups excluding tert-OH is 10. The zero-order chi connectivity index (χ0) is 45.8. The van der Waals surface area contributed by atoms with Crippen LogP contribution in [-0.2, 0) is 42.7 Å². The predicted molar refractivity (Wildman–Crippen MR) is 216 cm³/mol. The van der Waals surface area contributed by atoms with Crippen molar-refractivity contribution in [2.45, 2.75) is 196 Å². The second-order valence-corrected chi connectivity index (χ2v) is 21.4. The largest absolute Gasteiger partial charge is 0.394 e. The Kier molecular flexibility index (Phi) is 13.5. The van der Waals surface area contributed by atoms with Gasteiger partial charge in [-0.3, -0.25) is 4.79 Å². The van der Waals surface area contributed by atoms with Crippen molar-refractivity contribution in [3.63, 3.8) is 0 Å². The second kappa shape index (κ2) is 18.0. The van der Waals surface area contributed by atoms with Gasteiger partial charge < -0.3 is 89.0 Å². The molecule has 0 aromatic heterocycles. The van der Waals surface area contributed by atoms with E-state index in [9.17, 15) is 55.9 Å². The van der Waals surface area contributed by atoms with Crippen LogP contribution in [0.3, 0.4) is 0 Å². The molecule has 27 atom stereocenters. The van der Waals surface area contributed by atoms with Crippen molar-refractivity contribution in [2.75, 3.05) is 26.4 Å². The lowest BCUT2D eigenvalue weighted by molar-refractivity contribution is -0.381. The van der Waals surface area contributed by atoms with Gasteiger partial charge in [0, 0.05) is 30.1 Å². The summed E-state index contributed by atoms with van der Waals surface area (Å²) in [4.78, 5) is 14.6. The van der Waals surface area contributed by atoms with E-state index in [1.807, 2.05) is 0 Å². The van der Waals surface area contributed by atoms with E-state index in [2.05, 4.69) is 27.7 Å². The molecular formula is C45H72O19. The van der Waals surface area contributed by atoms with Gasteiger partial charge in [-0.15, -0.1) is 0 Å². The number of Topliss-reactive ketones (excluding diaryl/α,β-unsaturated/α-hetero) is 1. The number of ketones is 1. The fourth-order valence-corrected chi connectivity index (χ4v) is 14.4. The molecule has 0 unspecified atom stereocenters. The highest BCUT2D eigenvalue weighted by molar-refractivity contribution is 5.87. The zero-order valence-corrected chi connectivity index (χ0v) is 37.2. The van der Waals surface area contributed by atoms with E-state index in [0.717, 1.165) is 38.5 Å². The molecule has 1 spiro atoms. The van der Waals surface area contributed by atoms with Crippen molar-refractivity contribution in [3.8, 4) is 0 Å². The maximum Gasteiger partial charge on any atom is 0.187 e. The van der Waals surface area contributed by atoms with Crippen molar-refractivity contribution in [1.82, 2.24) is 0 Å². The molecule has 10 N–H and O–H groups in total. The van der Waals surface area contributed by atoms with Crippen molar-refractivity contribution >= 4 is 5.78 Å². The molecule has 5 heterocycles. The lowest BCUT2D eigenvalue weighted by Gasteiger charge is -2.60. The van der Waals surface area contributed by atoms with Gasteiger partial charge in [0.2, 0.25) is 0 Å². The van der Waals surface area contributed by atoms with Crippen LogP contribution < -0.4 is 0 Å². The Morgan fingerprint density at radius 2 is 1.22 bits per heavy atom. The van der Waals surface area contributed by atoms with Crippen molar-refractivity contribution < 1.29 is 93.8 Å². The Labute approximate surface area is 373 Å². The third kappa shape index (κ3) is 7.67. The number of hydrogen-bond acceptors (Lipinski definition) is 19. The summed E-state index contributed by atoms with van der Waals surface area (Å²) in [6.07, 6.45) is -17.4. The molecule has 19 heteroatoms. The summed E-state index contributed by atoms with van der Waals surface area (Å²) in [5.41, 5.74) is -0.539. The molecule has 9 rings (SSSR count). The molecule has 4 saturated carbocycles. The van der Waals surface area contributed by atoms with E-state index < -0.39 is 123 Å². The fourth-order valence-electron chi connectivity index (χ4n) is 14.4. The Hall–Kier alpha value is -1.05. The predicted octanol–water partition coefficient (Wildman–Crippen LogP) is -1.55. The summed E-state index contributed by atoms with van der Waals surface area (Å²) in [5.74, 6) is 1.71. The van der Waals surface area contributed by atoms with Crippen LogP contribution in [0.25, 0.3) is 0 Å². The smallest absolute Gasteiger partial charge is 0.187 e. The van der Waals surface area contributed by atoms with Gasteiger partial charge in [0.1, 0.15) is 79.0 Å². The Morgan fingerprint density at radius 3 is 1.80 bits per heavy atom. The standard InChI is InChI=1S/C45H72O19/c1-18-7-10-45(57-17-18)19(2)30-25(64-45)12-24-22-6-5-20-11-21(8-9-43(20,3)23(22)13-29(49)44(24,30)4)58-40-36(55)33(52)38(27(15-47)60-40)63-42-37(56)34(53)39(28(16-48)61-42)62-41-35(54)32(51)31(50)26(14-46)59-41/h18-28,30-42,46-48,50-56H,5-17H2,1-4H3/t18-,19+,20-,21-,22+,23+,24-,25+,26+,27+,28+,30+,31+,32-,33+,34+,35+,36+,37+,38+,39+,40+,41-,42-,43+,44-,45+/m1/s1. The molecule has 19 nitrogen and oxygen atoms in total. The maximum absolute atomic E-state index is 14.6. The summed E-state index contributed by atoms with van der Waals surface area (Å²) in [7, 11) is 0. The molecular weight excluding hydrogens is 844 g/mol. The SMILES string of the molecule is C[C@@H]1CC[C@]2(OC1)O[C@H]1C[C@@H]3[C@H]4CC[C@@H]5C[C@H](O[C@H]6O[C@@H](CO)[C@H](O[C@H]7O[C@@H](CO)[C@H](O[C@H]8O[C@@H](CO)[C@H](O)[C@@H](O)[C@@H]8O)[C@@H](O)[C@@H]7O)[C@@H](O)[C@@H]6O)CC[C@]5(C)[C@H]4CC(=O)[C@]3(C)[C@H]1[C@@H]2C. The van der Waals surface area contributed by atoms with Gasteiger partial charge in [-0.2, -0.15) is 0 Å². The van der Waals surface area contributed by atoms with Crippen LogP contribution in [0.5, 0.6) is 0 Å². The van der Waals surface area contributed by atoms with E-state index >= 15 is 0 Å². The fraction of sp³-hybridized carbons (Fsp3) is 0.978. The van der Waals surface area contributed by atoms with Crippen LogP contribution in [0.4, 0.5) is 0 Å². The minimum Gasteiger partial charge on any atom is -0.394 e. The van der Waals surface area contributed by atoms with Crippen molar-refractivity contribution in [3.05, 3.63) is 0 Å². The van der Waals surface area contributed by atoms with Crippen molar-refractivity contribution in [1.29, 1.82) is 0 Å². The van der Waals surface area contributed by atoms with E-state index in [4.69, 9.17) is 37.9 Å². The first kappa shape index (κ1) is 48.0. The van der Waals surface area contributed by atoms with Crippen LogP contribution in [0.2, 0.25) is 0 Å². The molecule has 366 valence electrons. The van der Waals surface area contributed by atoms with Crippen LogP contribution in [-0.4, -0.2) is 193 Å². The summed E-state index contributed by atoms with van der Waals surface area (Å²) in [6.45, 7) is 7.45. The molecule has 9 fully saturated rings. The minimum absolute atomic E-state index is 0.0187. The van der Waals surface area contributed by atoms with Crippen molar-refractivity contribution in [2.24, 2.45) is 52.3 Å². The first-order chi connectivity index (χ1) is 30.4. The summed E-state index contributed by atoms with van der Waals surface area (Å²) in [5, 5.41) is 106. The number of fused-ring (bicyclic) bond motifs is 7. The lowest BCUT2D eigenvalue weighted by Crippen LogP contribution is -2.66. The highest BCUT2D eigenvalue weighted by Gasteiger charge is 2.72. The second-order valence-electron chi connectivity index (χ2n) is 21.4. The highest BCUT2D eigenvalue weighted by atomic mass is 16.8. The van der Waals surface area contributed by atoms with E-state index in [-0.39, 0.29) is 47.2 Å². The molecule has 0 aromatic rings. The molecule has 64 heavy (non-hydrogen) atoms. The monoisotopic (exact) mass is 916 g/mol. The first-order valence-corrected chi connectivity index (χ1v) is 23.8. The number of rotatable bonds is 9. The summed E-state index contributed by atoms with van der Waals surface area (Å²) in [6, 6.07) is 0. The molecule has 0 amide bonds. The average Bonchev–Trinajstić information content (AvgIpc) is 3.73. The molecule has 5 aliphatic heterocycles. The van der Waals surface area contributed by atoms with Gasteiger partial charge in [0.05, 0.1) is 38.6 Å². The quantitative estimate of drug-likeness (QED) is 0.117. The molecule has 0 aromatic carbocycles. The highest BCUT2D eigenvalue weighted by Crippen LogP contribution is 2.70. The van der Waals surface area contributed by atoms with Crippen LogP contribution in [0.1, 0.15) is 85.5 Å². The Balaban J connectivity index is 0.811. The third-order valence-corrected chi connectivity index (χ3v) is 18.1. The number of aliphatic hydroxyl groups is 10. The van der Waals surface area contributed by atoms with Gasteiger partial charge in [-0.1, -0.05) is 27.7 Å². The topological polar surface area (TPSA) is 293 Å². The molecule has 4 aliphatic carbocycles. The number of carbonyl (C=O) groups excluding carboxylic acids is 1. The third-order valence-electron chi connectivity index (χ3n) is 18.1. The number of carbonyl (C=O) groups is 1. The molecule has 0 bridgehead atoms. The van der Waals surface area contributed by atoms with Gasteiger partial charge in [-0.25, -0.2) is 0 Å². The summed E-state index contributed by atoms with van der Waals surface area (Å²) >= 11 is 0. The van der Waals surface area contributed by atoms with Crippen LogP contribution in [0, 0.1) is 52.3 Å². The Bertz CT molecular complexity index is 1640. The van der Waals surface area contributed by atoms with Crippen LogP contribution >= 0.6 is 0 Å². The first-order valence-electron chi connectivity index (χ1n) is 23.8. The lowest BCUT2D eigenvalue weighted by atomic mass is 9.44. The average molecular weight is 917 g/mol. The molecule has 5 saturated heterocycles. The normalized spacial score (nSPS) is 57.5. The molecule has 9 aliphatic rings. The van der Waals surface area contributed by atoms with E-state index in [0.29, 0.717) is 43.5 Å². The Morgan fingerprint density at radius 1 is 0.641 bits per heavy atom. The van der Waals surface area contributed by atoms with E-state index in [1.165, 1.54) is 0 Å². The van der Waals surface area contributed by atoms with E-state index in [1.54, 1.807) is 0 Å². The van der Waals surface area contributed by atoms with Gasteiger partial charge >= 0.3 is 0 Å². The zero-order valence-electron chi connectivity index (χ0n) is 37.2. The number of hydrogen-bond donors (Lipinski definition) is 10. The molecule has 0 radical (unpaired) electrons. The van der Waals surface area contributed by atoms with Crippen LogP contribution in [0.15, 0.2) is 0 Å².